The number of guanidine groups is 1. The Bertz CT molecular complexity index is 3150. The molecular weight excluding hydrogens is 1120 g/mol. The van der Waals surface area contributed by atoms with Crippen LogP contribution >= 0.6 is 0 Å². The highest BCUT2D eigenvalue weighted by Crippen LogP contribution is 2.38. The molecule has 2 aliphatic rings. The van der Waals surface area contributed by atoms with Crippen LogP contribution in [0.25, 0.3) is 0 Å². The van der Waals surface area contributed by atoms with Gasteiger partial charge in [-0.2, -0.15) is 0 Å². The fraction of sp³-hybridized carbons (Fsp3) is 0.418. The first-order valence-corrected chi connectivity index (χ1v) is 29.8. The van der Waals surface area contributed by atoms with E-state index in [2.05, 4.69) is 31.9 Å². The Morgan fingerprint density at radius 3 is 1.73 bits per heavy atom. The third kappa shape index (κ3) is 19.4. The summed E-state index contributed by atoms with van der Waals surface area (Å²) in [4.78, 5) is 117. The normalized spacial score (nSPS) is 17.6. The molecule has 5 aromatic carbocycles. The smallest absolute Gasteiger partial charge is 0.408 e. The van der Waals surface area contributed by atoms with Crippen molar-refractivity contribution in [2.24, 2.45) is 16.6 Å². The molecule has 7 rings (SSSR count). The van der Waals surface area contributed by atoms with Crippen LogP contribution in [-0.2, 0) is 66.5 Å². The molecule has 0 unspecified atom stereocenters. The molecule has 0 aliphatic carbocycles. The lowest BCUT2D eigenvalue weighted by molar-refractivity contribution is -0.156. The van der Waals surface area contributed by atoms with Crippen LogP contribution in [0.5, 0.6) is 0 Å². The average Bonchev–Trinajstić information content (AvgIpc) is 1.22. The first-order chi connectivity index (χ1) is 42.0. The molecule has 21 nitrogen and oxygen atoms in total. The van der Waals surface area contributed by atoms with Crippen LogP contribution in [0.4, 0.5) is 9.59 Å². The van der Waals surface area contributed by atoms with Crippen molar-refractivity contribution in [1.29, 1.82) is 0 Å². The van der Waals surface area contributed by atoms with Gasteiger partial charge in [0.15, 0.2) is 5.96 Å². The lowest BCUT2D eigenvalue weighted by Gasteiger charge is -2.37. The number of aryl methyl sites for hydroxylation is 1. The number of nitrogens with one attached hydrogen (secondary N) is 6. The van der Waals surface area contributed by atoms with E-state index in [1.807, 2.05) is 116 Å². The molecule has 468 valence electrons. The van der Waals surface area contributed by atoms with Crippen LogP contribution < -0.4 is 37.6 Å². The maximum Gasteiger partial charge on any atom is 0.408 e. The molecule has 2 saturated heterocycles. The number of alkyl carbamates (subject to hydrolysis) is 2. The fourth-order valence-corrected chi connectivity index (χ4v) is 10.8. The van der Waals surface area contributed by atoms with Crippen molar-refractivity contribution in [3.8, 4) is 0 Å². The molecule has 2 heterocycles. The Hall–Kier alpha value is -9.27. The molecule has 0 bridgehead atoms. The Labute approximate surface area is 514 Å². The second-order valence-corrected chi connectivity index (χ2v) is 24.1. The lowest BCUT2D eigenvalue weighted by atomic mass is 9.77. The molecule has 2 aliphatic heterocycles. The maximum atomic E-state index is 15.1. The van der Waals surface area contributed by atoms with Crippen molar-refractivity contribution < 1.29 is 57.3 Å². The van der Waals surface area contributed by atoms with Gasteiger partial charge in [0.05, 0.1) is 6.42 Å². The second-order valence-electron chi connectivity index (χ2n) is 24.1. The molecule has 0 radical (unpaired) electrons. The van der Waals surface area contributed by atoms with Gasteiger partial charge in [0.25, 0.3) is 0 Å². The van der Waals surface area contributed by atoms with Gasteiger partial charge in [0.1, 0.15) is 60.7 Å². The summed E-state index contributed by atoms with van der Waals surface area (Å²) in [6, 6.07) is 40.1. The second kappa shape index (κ2) is 30.9. The number of esters is 2. The monoisotopic (exact) mass is 1210 g/mol. The molecule has 6 atom stereocenters. The zero-order valence-corrected chi connectivity index (χ0v) is 51.2. The highest BCUT2D eigenvalue weighted by Gasteiger charge is 2.49. The quantitative estimate of drug-likeness (QED) is 0.00809. The summed E-state index contributed by atoms with van der Waals surface area (Å²) in [6.45, 7) is 11.2. The van der Waals surface area contributed by atoms with Gasteiger partial charge in [-0.15, -0.1) is 0 Å². The first kappa shape index (κ1) is 66.3. The molecular formula is C67H83N9O12. The number of ether oxygens (including phenoxy) is 4. The number of rotatable bonds is 24. The van der Waals surface area contributed by atoms with E-state index in [1.54, 1.807) is 77.9 Å². The van der Waals surface area contributed by atoms with Crippen LogP contribution in [0.2, 0.25) is 0 Å². The predicted octanol–water partition coefficient (Wildman–Crippen LogP) is 7.12. The number of carbonyl (C=O) groups is 8. The van der Waals surface area contributed by atoms with Crippen molar-refractivity contribution in [3.63, 3.8) is 0 Å². The first-order valence-electron chi connectivity index (χ1n) is 29.8. The van der Waals surface area contributed by atoms with Crippen molar-refractivity contribution in [2.75, 3.05) is 19.6 Å². The third-order valence-corrected chi connectivity index (χ3v) is 14.9. The van der Waals surface area contributed by atoms with Crippen LogP contribution in [0.1, 0.15) is 120 Å². The van der Waals surface area contributed by atoms with Crippen LogP contribution in [0, 0.1) is 12.8 Å². The van der Waals surface area contributed by atoms with Gasteiger partial charge in [0, 0.05) is 25.0 Å². The topological polar surface area (TPSA) is 287 Å². The third-order valence-electron chi connectivity index (χ3n) is 14.9. The number of carbonyl (C=O) groups excluding carboxylic acids is 8. The highest BCUT2D eigenvalue weighted by molar-refractivity contribution is 5.96. The van der Waals surface area contributed by atoms with Gasteiger partial charge < -0.3 is 61.5 Å². The van der Waals surface area contributed by atoms with Gasteiger partial charge in [0.2, 0.25) is 23.6 Å². The largest absolute Gasteiger partial charge is 0.460 e. The number of aliphatic imine (C=N–C) groups is 1. The highest BCUT2D eigenvalue weighted by atomic mass is 16.6. The number of hydrogen-bond donors (Lipinski definition) is 7. The van der Waals surface area contributed by atoms with Crippen molar-refractivity contribution in [3.05, 3.63) is 179 Å². The molecule has 0 spiro atoms. The Kier molecular flexibility index (Phi) is 23.3. The van der Waals surface area contributed by atoms with Gasteiger partial charge in [-0.25, -0.2) is 9.59 Å². The molecule has 5 aromatic rings. The Morgan fingerprint density at radius 1 is 0.614 bits per heavy atom. The number of benzene rings is 5. The minimum absolute atomic E-state index is 0.0233. The average molecular weight is 1210 g/mol. The van der Waals surface area contributed by atoms with E-state index in [4.69, 9.17) is 29.7 Å². The summed E-state index contributed by atoms with van der Waals surface area (Å²) < 4.78 is 21.9. The minimum Gasteiger partial charge on any atom is -0.460 e. The number of nitrogens with zero attached hydrogens (tertiary/aromatic N) is 2. The van der Waals surface area contributed by atoms with Gasteiger partial charge in [-0.05, 0) is 115 Å². The summed E-state index contributed by atoms with van der Waals surface area (Å²) in [6.07, 6.45) is -1.01. The number of fused-ring (bicyclic) bond motifs is 1. The van der Waals surface area contributed by atoms with Crippen molar-refractivity contribution in [1.82, 2.24) is 36.8 Å². The minimum atomic E-state index is -1.47. The zero-order valence-electron chi connectivity index (χ0n) is 51.2. The summed E-state index contributed by atoms with van der Waals surface area (Å²) in [5.41, 5.74) is 9.18. The number of amides is 6. The molecule has 21 heteroatoms. The Balaban J connectivity index is 1.09. The molecule has 6 amide bonds. The van der Waals surface area contributed by atoms with E-state index in [0.29, 0.717) is 18.4 Å². The predicted molar refractivity (Wildman–Crippen MR) is 331 cm³/mol. The van der Waals surface area contributed by atoms with E-state index in [-0.39, 0.29) is 57.9 Å². The zero-order chi connectivity index (χ0) is 63.4. The van der Waals surface area contributed by atoms with E-state index in [9.17, 15) is 33.6 Å². The van der Waals surface area contributed by atoms with E-state index in [0.717, 1.165) is 27.8 Å². The summed E-state index contributed by atoms with van der Waals surface area (Å²) in [5, 5.41) is 17.0. The van der Waals surface area contributed by atoms with E-state index >= 15 is 4.79 Å². The van der Waals surface area contributed by atoms with Crippen LogP contribution in [-0.4, -0.2) is 120 Å². The number of nitrogens with two attached hydrogens (primary N) is 1. The summed E-state index contributed by atoms with van der Waals surface area (Å²) in [7, 11) is 0. The molecule has 88 heavy (non-hydrogen) atoms. The molecule has 8 N–H and O–H groups in total. The summed E-state index contributed by atoms with van der Waals surface area (Å²) in [5.74, 6) is -4.93. The van der Waals surface area contributed by atoms with Gasteiger partial charge in [-0.1, -0.05) is 151 Å². The Morgan fingerprint density at radius 2 is 1.15 bits per heavy atom. The van der Waals surface area contributed by atoms with Crippen molar-refractivity contribution >= 4 is 53.7 Å². The fourth-order valence-electron chi connectivity index (χ4n) is 10.8. The van der Waals surface area contributed by atoms with E-state index in [1.165, 1.54) is 4.90 Å². The number of hydrogen-bond acceptors (Lipinski definition) is 13. The maximum absolute atomic E-state index is 15.1. The lowest BCUT2D eigenvalue weighted by Crippen LogP contribution is -2.59. The van der Waals surface area contributed by atoms with Crippen LogP contribution in [0.15, 0.2) is 151 Å². The SMILES string of the molecule is Cc1ccc(C(NC(N)=NCCC[C@H](NC(=O)[C@@H]2CC[C@@H]3CC[C@H](CNC(=O)[C@H](CC(=O)OC(C)(C)C)NC(=O)OCc4ccccc4)[C@H](NC(=O)OC(C)(C)C)C(=O)N32)C(=O)NCC(=O)OCc2ccccc2)(c2ccccc2)c2ccccc2)cc1. The molecule has 0 saturated carbocycles. The van der Waals surface area contributed by atoms with Crippen LogP contribution in [0.3, 0.4) is 0 Å². The van der Waals surface area contributed by atoms with Gasteiger partial charge >= 0.3 is 24.1 Å². The van der Waals surface area contributed by atoms with Crippen molar-refractivity contribution in [2.45, 2.75) is 154 Å². The van der Waals surface area contributed by atoms with Gasteiger partial charge in [-0.3, -0.25) is 33.8 Å². The standard InChI is InChI=1S/C67H83N9O12/c1-44-30-33-50(34-31-44)67(48-25-16-10-17-26-48,49-27-18-11-19-28-49)75-62(68)69-38-20-29-52(58(79)71-41-56(78)85-42-45-21-12-8-13-22-45)72-60(81)54-37-36-51-35-32-47(57(61(82)76(51)54)74-64(84)88-66(5,6)7)40-70-59(80)53(39-55(77)87-65(2,3)4)73-63(83)86-43-46-23-14-9-15-24-46/h8-19,21-28,30-31,33-34,47,51-54,57H,20,29,32,35-43H2,1-7H3,(H,70,80)(H,71,79)(H,72,81)(H,73,83)(H,74,84)(H3,68,69,75)/t47-,51+,52+,53+,54+,57+/m1/s1. The van der Waals surface area contributed by atoms with E-state index < -0.39 is 114 Å². The summed E-state index contributed by atoms with van der Waals surface area (Å²) >= 11 is 0. The molecule has 0 aromatic heterocycles. The molecule has 2 fully saturated rings.